The first-order valence-electron chi connectivity index (χ1n) is 7.71. The van der Waals surface area contributed by atoms with Gasteiger partial charge in [-0.05, 0) is 54.5 Å². The predicted molar refractivity (Wildman–Crippen MR) is 85.9 cm³/mol. The molecule has 20 heavy (non-hydrogen) atoms. The van der Waals surface area contributed by atoms with Crippen LogP contribution in [0.5, 0.6) is 0 Å². The highest BCUT2D eigenvalue weighted by Crippen LogP contribution is 2.31. The molecule has 3 rings (SSSR count). The van der Waals surface area contributed by atoms with E-state index in [1.165, 1.54) is 42.6 Å². The first-order chi connectivity index (χ1) is 9.84. The molecule has 0 spiro atoms. The van der Waals surface area contributed by atoms with Crippen molar-refractivity contribution in [3.05, 3.63) is 60.2 Å². The van der Waals surface area contributed by atoms with Crippen LogP contribution in [-0.2, 0) is 0 Å². The van der Waals surface area contributed by atoms with Crippen LogP contribution in [0.1, 0.15) is 31.2 Å². The van der Waals surface area contributed by atoms with Crippen molar-refractivity contribution < 1.29 is 0 Å². The van der Waals surface area contributed by atoms with Crippen molar-refractivity contribution in [3.63, 3.8) is 0 Å². The molecule has 0 aliphatic carbocycles. The third-order valence-electron chi connectivity index (χ3n) is 4.63. The smallest absolute Gasteiger partial charge is 0.00461 e. The van der Waals surface area contributed by atoms with Crippen LogP contribution in [0.15, 0.2) is 54.6 Å². The maximum Gasteiger partial charge on any atom is -0.00461 e. The number of hydrogen-bond donors (Lipinski definition) is 1. The summed E-state index contributed by atoms with van der Waals surface area (Å²) in [7, 11) is 0. The molecule has 0 amide bonds. The van der Waals surface area contributed by atoms with Crippen LogP contribution < -0.4 is 5.32 Å². The van der Waals surface area contributed by atoms with Crippen LogP contribution in [0.4, 0.5) is 0 Å². The second-order valence-corrected chi connectivity index (χ2v) is 5.86. The van der Waals surface area contributed by atoms with Crippen molar-refractivity contribution in [1.29, 1.82) is 0 Å². The van der Waals surface area contributed by atoms with Crippen LogP contribution in [0, 0.1) is 5.92 Å². The summed E-state index contributed by atoms with van der Waals surface area (Å²) in [6, 6.07) is 19.8. The SMILES string of the molecule is CC(c1ccc(-c2ccccc2)cc1)C1CCNCC1. The van der Waals surface area contributed by atoms with Gasteiger partial charge in [0.15, 0.2) is 0 Å². The molecular formula is C19H23N. The molecule has 1 N–H and O–H groups in total. The molecule has 0 saturated carbocycles. The number of rotatable bonds is 3. The molecule has 1 heterocycles. The predicted octanol–water partition coefficient (Wildman–Crippen LogP) is 4.46. The minimum atomic E-state index is 0.668. The van der Waals surface area contributed by atoms with Gasteiger partial charge in [0, 0.05) is 0 Å². The maximum atomic E-state index is 3.45. The summed E-state index contributed by atoms with van der Waals surface area (Å²) in [6.07, 6.45) is 2.61. The van der Waals surface area contributed by atoms with E-state index in [0.717, 1.165) is 5.92 Å². The molecule has 2 aromatic carbocycles. The van der Waals surface area contributed by atoms with Gasteiger partial charge in [-0.3, -0.25) is 0 Å². The van der Waals surface area contributed by atoms with Crippen molar-refractivity contribution >= 4 is 0 Å². The summed E-state index contributed by atoms with van der Waals surface area (Å²) < 4.78 is 0. The molecule has 1 unspecified atom stereocenters. The fraction of sp³-hybridized carbons (Fsp3) is 0.368. The third-order valence-corrected chi connectivity index (χ3v) is 4.63. The molecule has 2 aromatic rings. The van der Waals surface area contributed by atoms with Crippen molar-refractivity contribution in [2.24, 2.45) is 5.92 Å². The number of benzene rings is 2. The Balaban J connectivity index is 1.75. The average molecular weight is 265 g/mol. The fourth-order valence-corrected chi connectivity index (χ4v) is 3.23. The lowest BCUT2D eigenvalue weighted by Gasteiger charge is -2.28. The summed E-state index contributed by atoms with van der Waals surface area (Å²) in [6.45, 7) is 4.74. The van der Waals surface area contributed by atoms with Crippen LogP contribution >= 0.6 is 0 Å². The Morgan fingerprint density at radius 1 is 0.850 bits per heavy atom. The van der Waals surface area contributed by atoms with E-state index in [1.54, 1.807) is 0 Å². The van der Waals surface area contributed by atoms with Gasteiger partial charge in [-0.15, -0.1) is 0 Å². The Hall–Kier alpha value is -1.60. The number of piperidine rings is 1. The molecule has 1 saturated heterocycles. The van der Waals surface area contributed by atoms with E-state index in [1.807, 2.05) is 0 Å². The highest BCUT2D eigenvalue weighted by Gasteiger charge is 2.20. The molecule has 1 fully saturated rings. The Labute approximate surface area is 122 Å². The lowest BCUT2D eigenvalue weighted by atomic mass is 9.81. The third kappa shape index (κ3) is 2.94. The van der Waals surface area contributed by atoms with Crippen molar-refractivity contribution in [3.8, 4) is 11.1 Å². The van der Waals surface area contributed by atoms with E-state index in [4.69, 9.17) is 0 Å². The summed E-state index contributed by atoms with van der Waals surface area (Å²) in [5, 5.41) is 3.45. The van der Waals surface area contributed by atoms with Gasteiger partial charge in [0.2, 0.25) is 0 Å². The zero-order valence-corrected chi connectivity index (χ0v) is 12.2. The lowest BCUT2D eigenvalue weighted by molar-refractivity contribution is 0.330. The van der Waals surface area contributed by atoms with Crippen LogP contribution in [0.25, 0.3) is 11.1 Å². The Morgan fingerprint density at radius 3 is 2.10 bits per heavy atom. The van der Waals surface area contributed by atoms with Crippen LogP contribution in [0.3, 0.4) is 0 Å². The Bertz CT molecular complexity index is 523. The van der Waals surface area contributed by atoms with Gasteiger partial charge >= 0.3 is 0 Å². The van der Waals surface area contributed by atoms with Gasteiger partial charge < -0.3 is 5.32 Å². The van der Waals surface area contributed by atoms with Crippen molar-refractivity contribution in [2.45, 2.75) is 25.7 Å². The molecule has 1 heteroatoms. The molecule has 1 aliphatic rings. The van der Waals surface area contributed by atoms with Crippen molar-refractivity contribution in [2.75, 3.05) is 13.1 Å². The molecule has 1 aliphatic heterocycles. The van der Waals surface area contributed by atoms with Crippen LogP contribution in [0.2, 0.25) is 0 Å². The first-order valence-corrected chi connectivity index (χ1v) is 7.71. The minimum absolute atomic E-state index is 0.668. The molecule has 0 bridgehead atoms. The van der Waals surface area contributed by atoms with E-state index in [-0.39, 0.29) is 0 Å². The summed E-state index contributed by atoms with van der Waals surface area (Å²) in [5.74, 6) is 1.50. The van der Waals surface area contributed by atoms with Gasteiger partial charge in [-0.1, -0.05) is 61.5 Å². The molecule has 1 nitrogen and oxygen atoms in total. The van der Waals surface area contributed by atoms with E-state index < -0.39 is 0 Å². The number of nitrogens with one attached hydrogen (secondary N) is 1. The second-order valence-electron chi connectivity index (χ2n) is 5.86. The minimum Gasteiger partial charge on any atom is -0.317 e. The van der Waals surface area contributed by atoms with Gasteiger partial charge in [0.1, 0.15) is 0 Å². The Morgan fingerprint density at radius 2 is 1.45 bits per heavy atom. The molecule has 1 atom stereocenters. The topological polar surface area (TPSA) is 12.0 Å². The van der Waals surface area contributed by atoms with Crippen LogP contribution in [-0.4, -0.2) is 13.1 Å². The van der Waals surface area contributed by atoms with E-state index in [0.29, 0.717) is 5.92 Å². The molecule has 0 aromatic heterocycles. The van der Waals surface area contributed by atoms with Crippen molar-refractivity contribution in [1.82, 2.24) is 5.32 Å². The second kappa shape index (κ2) is 6.23. The largest absolute Gasteiger partial charge is 0.317 e. The number of hydrogen-bond acceptors (Lipinski definition) is 1. The first kappa shape index (κ1) is 13.4. The van der Waals surface area contributed by atoms with E-state index in [9.17, 15) is 0 Å². The summed E-state index contributed by atoms with van der Waals surface area (Å²) in [5.41, 5.74) is 4.09. The van der Waals surface area contributed by atoms with Gasteiger partial charge in [-0.2, -0.15) is 0 Å². The summed E-state index contributed by atoms with van der Waals surface area (Å²) >= 11 is 0. The monoisotopic (exact) mass is 265 g/mol. The highest BCUT2D eigenvalue weighted by atomic mass is 14.9. The lowest BCUT2D eigenvalue weighted by Crippen LogP contribution is -2.30. The zero-order valence-electron chi connectivity index (χ0n) is 12.2. The average Bonchev–Trinajstić information content (AvgIpc) is 2.56. The van der Waals surface area contributed by atoms with Gasteiger partial charge in [0.05, 0.1) is 0 Å². The standard InChI is InChI=1S/C19H23N/c1-15(17-11-13-20-14-12-17)16-7-9-19(10-8-16)18-5-3-2-4-6-18/h2-10,15,17,20H,11-14H2,1H3. The van der Waals surface area contributed by atoms with E-state index >= 15 is 0 Å². The molecular weight excluding hydrogens is 242 g/mol. The zero-order chi connectivity index (χ0) is 13.8. The fourth-order valence-electron chi connectivity index (χ4n) is 3.23. The highest BCUT2D eigenvalue weighted by molar-refractivity contribution is 5.63. The normalized spacial score (nSPS) is 17.9. The quantitative estimate of drug-likeness (QED) is 0.864. The van der Waals surface area contributed by atoms with E-state index in [2.05, 4.69) is 66.8 Å². The Kier molecular flexibility index (Phi) is 4.17. The van der Waals surface area contributed by atoms with Gasteiger partial charge in [0.25, 0.3) is 0 Å². The molecule has 104 valence electrons. The van der Waals surface area contributed by atoms with Gasteiger partial charge in [-0.25, -0.2) is 0 Å². The molecule has 0 radical (unpaired) electrons. The maximum absolute atomic E-state index is 3.45. The summed E-state index contributed by atoms with van der Waals surface area (Å²) in [4.78, 5) is 0.